The lowest BCUT2D eigenvalue weighted by Crippen LogP contribution is -2.70. The van der Waals surface area contributed by atoms with Crippen LogP contribution in [0.5, 0.6) is 5.75 Å². The molecule has 0 spiro atoms. The fourth-order valence-corrected chi connectivity index (χ4v) is 5.51. The van der Waals surface area contributed by atoms with Crippen molar-refractivity contribution in [2.24, 2.45) is 23.5 Å². The number of benzene rings is 1. The fourth-order valence-electron chi connectivity index (χ4n) is 5.51. The van der Waals surface area contributed by atoms with E-state index in [1.807, 2.05) is 0 Å². The summed E-state index contributed by atoms with van der Waals surface area (Å²) in [6.07, 6.45) is 1.97. The van der Waals surface area contributed by atoms with Gasteiger partial charge in [-0.1, -0.05) is 12.8 Å². The molecule has 0 aromatic heterocycles. The summed E-state index contributed by atoms with van der Waals surface area (Å²) in [5.41, 5.74) is 2.43. The fraction of sp³-hybridized carbons (Fsp3) is 0.409. The third-order valence-electron chi connectivity index (χ3n) is 6.95. The predicted octanol–water partition coefficient (Wildman–Crippen LogP) is -0.898. The number of carbonyl (C=O) groups is 3. The van der Waals surface area contributed by atoms with Gasteiger partial charge in [-0.25, -0.2) is 0 Å². The maximum absolute atomic E-state index is 13.4. The monoisotopic (exact) mass is 427 g/mol. The van der Waals surface area contributed by atoms with Gasteiger partial charge in [0.1, 0.15) is 17.4 Å². The molecular weight excluding hydrogens is 406 g/mol. The van der Waals surface area contributed by atoms with Crippen molar-refractivity contribution in [3.8, 4) is 18.1 Å². The minimum Gasteiger partial charge on any atom is -0.507 e. The van der Waals surface area contributed by atoms with Crippen LogP contribution in [0.1, 0.15) is 36.0 Å². The molecule has 9 nitrogen and oxygen atoms in total. The highest BCUT2D eigenvalue weighted by atomic mass is 16.3. The number of phenols is 1. The van der Waals surface area contributed by atoms with E-state index in [1.165, 1.54) is 12.1 Å². The number of primary amides is 1. The van der Waals surface area contributed by atoms with Crippen molar-refractivity contribution < 1.29 is 39.9 Å². The van der Waals surface area contributed by atoms with E-state index in [0.717, 1.165) is 0 Å². The standard InChI is InChI=1S/C22H21NO8/c1-3-8-4-5-10(24)14-12(8)7(2)13-16(18(14)27)20(29)22(31)9(17(13)26)6-11(25)15(19(22)28)21(23)30/h1,4-5,7,9,11,13,15,17,24-27,31H,6H2,2H3,(H2,23,30)/t7-,9+,11?,13+,15?,17+,22+/m0/s1. The largest absolute Gasteiger partial charge is 0.507 e. The van der Waals surface area contributed by atoms with Crippen molar-refractivity contribution in [3.05, 3.63) is 34.4 Å². The molecule has 7 N–H and O–H groups in total. The number of nitrogens with two attached hydrogens (primary N) is 1. The topological polar surface area (TPSA) is 178 Å². The summed E-state index contributed by atoms with van der Waals surface area (Å²) in [6.45, 7) is 1.63. The average Bonchev–Trinajstić information content (AvgIpc) is 2.70. The van der Waals surface area contributed by atoms with Crippen molar-refractivity contribution in [3.63, 3.8) is 0 Å². The maximum atomic E-state index is 13.4. The molecule has 1 aromatic rings. The van der Waals surface area contributed by atoms with Crippen LogP contribution in [0.2, 0.25) is 0 Å². The number of amides is 1. The minimum absolute atomic E-state index is 0.119. The van der Waals surface area contributed by atoms with E-state index in [2.05, 4.69) is 5.92 Å². The van der Waals surface area contributed by atoms with E-state index in [9.17, 15) is 39.9 Å². The first-order chi connectivity index (χ1) is 14.5. The number of terminal acetylenes is 1. The summed E-state index contributed by atoms with van der Waals surface area (Å²) in [5.74, 6) is -7.43. The Kier molecular flexibility index (Phi) is 4.52. The first-order valence-corrected chi connectivity index (χ1v) is 9.71. The molecule has 0 aliphatic heterocycles. The van der Waals surface area contributed by atoms with Crippen LogP contribution in [0, 0.1) is 30.1 Å². The molecule has 0 bridgehead atoms. The van der Waals surface area contributed by atoms with Gasteiger partial charge < -0.3 is 31.3 Å². The quantitative estimate of drug-likeness (QED) is 0.247. The lowest BCUT2D eigenvalue weighted by molar-refractivity contribution is -0.186. The molecule has 3 aliphatic carbocycles. The van der Waals surface area contributed by atoms with Crippen molar-refractivity contribution in [1.82, 2.24) is 0 Å². The van der Waals surface area contributed by atoms with E-state index in [0.29, 0.717) is 11.1 Å². The molecule has 0 saturated heterocycles. The molecule has 2 unspecified atom stereocenters. The number of hydrogen-bond acceptors (Lipinski definition) is 8. The van der Waals surface area contributed by atoms with Gasteiger partial charge in [-0.05, 0) is 30.0 Å². The zero-order valence-corrected chi connectivity index (χ0v) is 16.4. The van der Waals surface area contributed by atoms with Crippen LogP contribution < -0.4 is 5.73 Å². The van der Waals surface area contributed by atoms with Gasteiger partial charge in [0, 0.05) is 23.0 Å². The highest BCUT2D eigenvalue weighted by Crippen LogP contribution is 2.55. The zero-order chi connectivity index (χ0) is 23.0. The van der Waals surface area contributed by atoms with Crippen molar-refractivity contribution in [2.75, 3.05) is 0 Å². The number of rotatable bonds is 1. The van der Waals surface area contributed by atoms with E-state index in [4.69, 9.17) is 12.2 Å². The molecular formula is C22H21NO8. The third-order valence-corrected chi connectivity index (χ3v) is 6.95. The smallest absolute Gasteiger partial charge is 0.230 e. The van der Waals surface area contributed by atoms with Crippen LogP contribution in [-0.4, -0.2) is 60.8 Å². The Morgan fingerprint density at radius 1 is 1.26 bits per heavy atom. The maximum Gasteiger partial charge on any atom is 0.230 e. The van der Waals surface area contributed by atoms with Crippen LogP contribution in [0.4, 0.5) is 0 Å². The number of aliphatic hydroxyl groups excluding tert-OH is 3. The lowest BCUT2D eigenvalue weighted by atomic mass is 9.53. The van der Waals surface area contributed by atoms with E-state index in [-0.39, 0.29) is 11.3 Å². The second kappa shape index (κ2) is 6.65. The third kappa shape index (κ3) is 2.47. The van der Waals surface area contributed by atoms with Crippen LogP contribution in [0.15, 0.2) is 17.7 Å². The molecule has 2 saturated carbocycles. The number of carbonyl (C=O) groups excluding carboxylic acids is 3. The van der Waals surface area contributed by atoms with Gasteiger partial charge in [0.2, 0.25) is 11.7 Å². The second-order valence-electron chi connectivity index (χ2n) is 8.38. The van der Waals surface area contributed by atoms with Gasteiger partial charge in [0.25, 0.3) is 0 Å². The number of hydrogen-bond donors (Lipinski definition) is 6. The lowest BCUT2D eigenvalue weighted by Gasteiger charge is -2.52. The number of Topliss-reactive ketones (excluding diaryl/α,β-unsaturated/α-hetero) is 2. The zero-order valence-electron chi connectivity index (χ0n) is 16.4. The molecule has 1 aromatic carbocycles. The van der Waals surface area contributed by atoms with Gasteiger partial charge in [-0.2, -0.15) is 0 Å². The summed E-state index contributed by atoms with van der Waals surface area (Å²) in [6, 6.07) is 2.70. The molecule has 162 valence electrons. The van der Waals surface area contributed by atoms with Crippen molar-refractivity contribution >= 4 is 23.2 Å². The highest BCUT2D eigenvalue weighted by molar-refractivity contribution is 6.25. The summed E-state index contributed by atoms with van der Waals surface area (Å²) in [7, 11) is 0. The van der Waals surface area contributed by atoms with Crippen LogP contribution in [0.3, 0.4) is 0 Å². The summed E-state index contributed by atoms with van der Waals surface area (Å²) in [4.78, 5) is 38.1. The Hall–Kier alpha value is -3.19. The highest BCUT2D eigenvalue weighted by Gasteiger charge is 2.67. The number of ketones is 2. The van der Waals surface area contributed by atoms with Gasteiger partial charge in [-0.3, -0.25) is 14.4 Å². The van der Waals surface area contributed by atoms with E-state index in [1.54, 1.807) is 6.92 Å². The van der Waals surface area contributed by atoms with Crippen LogP contribution in [-0.2, 0) is 14.4 Å². The van der Waals surface area contributed by atoms with E-state index < -0.39 is 76.7 Å². The SMILES string of the molecule is C#Cc1ccc(O)c2c1[C@H](C)[C@@H]1C(=C2O)C(=O)[C@]2(O)C(=O)C(C(N)=O)C(O)C[C@@H]2[C@H]1O. The molecule has 31 heavy (non-hydrogen) atoms. The number of aromatic hydroxyl groups is 1. The second-order valence-corrected chi connectivity index (χ2v) is 8.38. The van der Waals surface area contributed by atoms with Crippen molar-refractivity contribution in [2.45, 2.75) is 37.1 Å². The van der Waals surface area contributed by atoms with Gasteiger partial charge in [0.05, 0.1) is 17.8 Å². The molecule has 0 heterocycles. The summed E-state index contributed by atoms with van der Waals surface area (Å²) in [5, 5.41) is 53.9. The van der Waals surface area contributed by atoms with Gasteiger partial charge >= 0.3 is 0 Å². The average molecular weight is 427 g/mol. The summed E-state index contributed by atoms with van der Waals surface area (Å²) >= 11 is 0. The van der Waals surface area contributed by atoms with Gasteiger partial charge in [-0.15, -0.1) is 6.42 Å². The van der Waals surface area contributed by atoms with E-state index >= 15 is 0 Å². The molecule has 1 amide bonds. The molecule has 2 fully saturated rings. The van der Waals surface area contributed by atoms with Crippen LogP contribution in [0.25, 0.3) is 5.76 Å². The first-order valence-electron chi connectivity index (χ1n) is 9.71. The minimum atomic E-state index is -2.87. The normalized spacial score (nSPS) is 36.9. The molecule has 0 radical (unpaired) electrons. The number of phenolic OH excluding ortho intramolecular Hbond substituents is 1. The number of aliphatic hydroxyl groups is 4. The Balaban J connectivity index is 1.99. The Labute approximate surface area is 176 Å². The first kappa shape index (κ1) is 21.1. The van der Waals surface area contributed by atoms with Gasteiger partial charge in [0.15, 0.2) is 11.4 Å². The molecule has 7 atom stereocenters. The Bertz CT molecular complexity index is 1120. The van der Waals surface area contributed by atoms with Crippen LogP contribution >= 0.6 is 0 Å². The molecule has 9 heteroatoms. The molecule has 4 rings (SSSR count). The Morgan fingerprint density at radius 2 is 1.90 bits per heavy atom. The van der Waals surface area contributed by atoms with Crippen molar-refractivity contribution in [1.29, 1.82) is 0 Å². The number of fused-ring (bicyclic) bond motifs is 3. The predicted molar refractivity (Wildman–Crippen MR) is 105 cm³/mol. The molecule has 3 aliphatic rings. The summed E-state index contributed by atoms with van der Waals surface area (Å²) < 4.78 is 0. The Morgan fingerprint density at radius 3 is 2.48 bits per heavy atom.